The molecule has 1 nitrogen and oxygen atoms in total. The first-order chi connectivity index (χ1) is 8.09. The molecule has 0 saturated heterocycles. The average Bonchev–Trinajstić information content (AvgIpc) is 2.83. The second kappa shape index (κ2) is 5.44. The molecule has 0 heterocycles. The fourth-order valence-electron chi connectivity index (χ4n) is 2.47. The minimum atomic E-state index is -0.643. The van der Waals surface area contributed by atoms with Crippen LogP contribution in [0.15, 0.2) is 16.6 Å². The Labute approximate surface area is 108 Å². The van der Waals surface area contributed by atoms with Gasteiger partial charge >= 0.3 is 0 Å². The van der Waals surface area contributed by atoms with E-state index >= 15 is 0 Å². The number of hydrogen-bond donors (Lipinski definition) is 1. The van der Waals surface area contributed by atoms with Crippen LogP contribution in [0.5, 0.6) is 0 Å². The highest BCUT2D eigenvalue weighted by atomic mass is 79.9. The fourth-order valence-corrected chi connectivity index (χ4v) is 2.85. The third-order valence-corrected chi connectivity index (χ3v) is 4.11. The van der Waals surface area contributed by atoms with Gasteiger partial charge in [-0.25, -0.2) is 8.78 Å². The van der Waals surface area contributed by atoms with Crippen LogP contribution in [0.1, 0.15) is 31.2 Å². The lowest BCUT2D eigenvalue weighted by molar-refractivity contribution is 0.109. The Morgan fingerprint density at radius 1 is 1.29 bits per heavy atom. The van der Waals surface area contributed by atoms with Gasteiger partial charge in [-0.15, -0.1) is 0 Å². The third kappa shape index (κ3) is 2.86. The first-order valence-electron chi connectivity index (χ1n) is 5.90. The summed E-state index contributed by atoms with van der Waals surface area (Å²) >= 11 is 3.03. The highest BCUT2D eigenvalue weighted by molar-refractivity contribution is 9.10. The van der Waals surface area contributed by atoms with E-state index in [0.29, 0.717) is 0 Å². The maximum Gasteiger partial charge on any atom is 0.143 e. The van der Waals surface area contributed by atoms with Crippen LogP contribution in [0.3, 0.4) is 0 Å². The van der Waals surface area contributed by atoms with Crippen LogP contribution < -0.4 is 0 Å². The van der Waals surface area contributed by atoms with Gasteiger partial charge in [0.15, 0.2) is 0 Å². The third-order valence-electron chi connectivity index (χ3n) is 3.50. The van der Waals surface area contributed by atoms with Crippen molar-refractivity contribution in [1.82, 2.24) is 0 Å². The number of benzene rings is 1. The van der Waals surface area contributed by atoms with E-state index in [0.717, 1.165) is 25.7 Å². The summed E-state index contributed by atoms with van der Waals surface area (Å²) < 4.78 is 27.5. The Morgan fingerprint density at radius 3 is 2.59 bits per heavy atom. The predicted molar refractivity (Wildman–Crippen MR) is 65.7 cm³/mol. The number of rotatable bonds is 3. The monoisotopic (exact) mass is 304 g/mol. The Bertz CT molecular complexity index is 403. The van der Waals surface area contributed by atoms with E-state index in [1.54, 1.807) is 0 Å². The summed E-state index contributed by atoms with van der Waals surface area (Å²) in [6.45, 7) is 0. The summed E-state index contributed by atoms with van der Waals surface area (Å²) in [5.74, 6) is -0.988. The molecule has 1 aromatic rings. The largest absolute Gasteiger partial charge is 0.392 e. The van der Waals surface area contributed by atoms with Gasteiger partial charge in [-0.1, -0.05) is 12.8 Å². The maximum atomic E-state index is 13.7. The minimum absolute atomic E-state index is 0.0150. The average molecular weight is 305 g/mol. The van der Waals surface area contributed by atoms with Crippen molar-refractivity contribution in [2.24, 2.45) is 5.92 Å². The van der Waals surface area contributed by atoms with Gasteiger partial charge in [-0.3, -0.25) is 0 Å². The molecule has 1 saturated carbocycles. The lowest BCUT2D eigenvalue weighted by Gasteiger charge is -2.18. The maximum absolute atomic E-state index is 13.7. The molecule has 1 N–H and O–H groups in total. The van der Waals surface area contributed by atoms with Crippen LogP contribution in [0.2, 0.25) is 0 Å². The van der Waals surface area contributed by atoms with E-state index in [1.807, 2.05) is 0 Å². The van der Waals surface area contributed by atoms with Gasteiger partial charge in [0.25, 0.3) is 0 Å². The zero-order valence-electron chi connectivity index (χ0n) is 9.43. The quantitative estimate of drug-likeness (QED) is 0.842. The molecular formula is C13H15BrF2O. The SMILES string of the molecule is OC(Cc1c(F)ccc(Br)c1F)C1CCCC1. The second-order valence-corrected chi connectivity index (χ2v) is 5.49. The van der Waals surface area contributed by atoms with Gasteiger partial charge < -0.3 is 5.11 Å². The standard InChI is InChI=1S/C13H15BrF2O/c14-10-5-6-11(15)9(13(10)16)7-12(17)8-3-1-2-4-8/h5-6,8,12,17H,1-4,7H2. The molecule has 0 spiro atoms. The Kier molecular flexibility index (Phi) is 4.15. The summed E-state index contributed by atoms with van der Waals surface area (Å²) in [4.78, 5) is 0. The van der Waals surface area contributed by atoms with Crippen LogP contribution >= 0.6 is 15.9 Å². The molecule has 0 radical (unpaired) electrons. The van der Waals surface area contributed by atoms with Gasteiger partial charge in [-0.05, 0) is 46.8 Å². The molecule has 0 bridgehead atoms. The van der Waals surface area contributed by atoms with E-state index in [2.05, 4.69) is 15.9 Å². The summed E-state index contributed by atoms with van der Waals surface area (Å²) in [6.07, 6.45) is 3.53. The number of halogens is 3. The van der Waals surface area contributed by atoms with E-state index in [1.165, 1.54) is 12.1 Å². The Hall–Kier alpha value is -0.480. The molecule has 0 amide bonds. The van der Waals surface area contributed by atoms with Crippen LogP contribution in [0.25, 0.3) is 0 Å². The zero-order chi connectivity index (χ0) is 12.4. The Balaban J connectivity index is 2.14. The van der Waals surface area contributed by atoms with Crippen molar-refractivity contribution in [3.05, 3.63) is 33.8 Å². The van der Waals surface area contributed by atoms with Crippen molar-refractivity contribution in [2.45, 2.75) is 38.2 Å². The van der Waals surface area contributed by atoms with Crippen molar-refractivity contribution in [3.63, 3.8) is 0 Å². The molecule has 94 valence electrons. The number of hydrogen-bond acceptors (Lipinski definition) is 1. The van der Waals surface area contributed by atoms with Crippen LogP contribution in [-0.2, 0) is 6.42 Å². The molecule has 1 aliphatic carbocycles. The minimum Gasteiger partial charge on any atom is -0.392 e. The van der Waals surface area contributed by atoms with E-state index < -0.39 is 17.7 Å². The molecule has 1 atom stereocenters. The van der Waals surface area contributed by atoms with Crippen molar-refractivity contribution in [3.8, 4) is 0 Å². The lowest BCUT2D eigenvalue weighted by Crippen LogP contribution is -2.21. The fraction of sp³-hybridized carbons (Fsp3) is 0.538. The summed E-state index contributed by atoms with van der Waals surface area (Å²) in [5, 5.41) is 9.99. The molecule has 4 heteroatoms. The van der Waals surface area contributed by atoms with Crippen molar-refractivity contribution in [2.75, 3.05) is 0 Å². The molecule has 17 heavy (non-hydrogen) atoms. The molecule has 2 rings (SSSR count). The lowest BCUT2D eigenvalue weighted by atomic mass is 9.94. The summed E-state index contributed by atoms with van der Waals surface area (Å²) in [6, 6.07) is 2.57. The van der Waals surface area contributed by atoms with Crippen LogP contribution in [0.4, 0.5) is 8.78 Å². The number of aliphatic hydroxyl groups excluding tert-OH is 1. The first kappa shape index (κ1) is 13.0. The normalized spacial score (nSPS) is 18.6. The van der Waals surface area contributed by atoms with Crippen molar-refractivity contribution in [1.29, 1.82) is 0 Å². The summed E-state index contributed by atoms with van der Waals surface area (Å²) in [7, 11) is 0. The second-order valence-electron chi connectivity index (χ2n) is 4.64. The molecule has 1 aliphatic rings. The van der Waals surface area contributed by atoms with E-state index in [9.17, 15) is 13.9 Å². The summed E-state index contributed by atoms with van der Waals surface area (Å²) in [5.41, 5.74) is -0.0150. The van der Waals surface area contributed by atoms with Crippen molar-refractivity contribution < 1.29 is 13.9 Å². The highest BCUT2D eigenvalue weighted by Crippen LogP contribution is 2.31. The zero-order valence-corrected chi connectivity index (χ0v) is 11.0. The molecule has 1 unspecified atom stereocenters. The van der Waals surface area contributed by atoms with Gasteiger partial charge in [0.2, 0.25) is 0 Å². The highest BCUT2D eigenvalue weighted by Gasteiger charge is 2.25. The topological polar surface area (TPSA) is 20.2 Å². The van der Waals surface area contributed by atoms with Crippen molar-refractivity contribution >= 4 is 15.9 Å². The van der Waals surface area contributed by atoms with Crippen LogP contribution in [-0.4, -0.2) is 11.2 Å². The molecule has 0 aliphatic heterocycles. The Morgan fingerprint density at radius 2 is 1.94 bits per heavy atom. The molecule has 0 aromatic heterocycles. The van der Waals surface area contributed by atoms with Crippen LogP contribution in [0, 0.1) is 17.6 Å². The number of aliphatic hydroxyl groups is 1. The molecule has 1 fully saturated rings. The van der Waals surface area contributed by atoms with Gasteiger partial charge in [0, 0.05) is 12.0 Å². The molecular weight excluding hydrogens is 290 g/mol. The van der Waals surface area contributed by atoms with E-state index in [-0.39, 0.29) is 22.4 Å². The first-order valence-corrected chi connectivity index (χ1v) is 6.69. The smallest absolute Gasteiger partial charge is 0.143 e. The molecule has 1 aromatic carbocycles. The predicted octanol–water partition coefficient (Wildman–Crippen LogP) is 3.82. The van der Waals surface area contributed by atoms with E-state index in [4.69, 9.17) is 0 Å². The van der Waals surface area contributed by atoms with Gasteiger partial charge in [-0.2, -0.15) is 0 Å². The van der Waals surface area contributed by atoms with Gasteiger partial charge in [0.1, 0.15) is 11.6 Å². The van der Waals surface area contributed by atoms with Gasteiger partial charge in [0.05, 0.1) is 10.6 Å².